The second-order valence-electron chi connectivity index (χ2n) is 9.52. The van der Waals surface area contributed by atoms with Crippen molar-refractivity contribution in [1.29, 1.82) is 0 Å². The van der Waals surface area contributed by atoms with Gasteiger partial charge in [0, 0.05) is 37.7 Å². The van der Waals surface area contributed by atoms with Crippen molar-refractivity contribution in [1.82, 2.24) is 20.1 Å². The SMILES string of the molecule is COc1ccc(COc2c3c(c(-c4nnc(C)o4)c4cc(Cc5ccc(F)cc5)cnc24)CN(C)C3=O)cc1. The number of rotatable bonds is 7. The van der Waals surface area contributed by atoms with Crippen LogP contribution in [0.2, 0.25) is 0 Å². The van der Waals surface area contributed by atoms with Gasteiger partial charge < -0.3 is 18.8 Å². The number of nitrogens with zero attached hydrogens (tertiary/aromatic N) is 4. The van der Waals surface area contributed by atoms with Crippen LogP contribution in [-0.4, -0.2) is 40.1 Å². The number of carbonyl (C=O) groups excluding carboxylic acids is 1. The van der Waals surface area contributed by atoms with Crippen molar-refractivity contribution >= 4 is 16.8 Å². The van der Waals surface area contributed by atoms with E-state index in [1.807, 2.05) is 30.3 Å². The zero-order chi connectivity index (χ0) is 27.1. The first-order valence-corrected chi connectivity index (χ1v) is 12.4. The molecule has 0 saturated heterocycles. The molecule has 3 aromatic carbocycles. The third kappa shape index (κ3) is 4.56. The van der Waals surface area contributed by atoms with Crippen LogP contribution < -0.4 is 9.47 Å². The van der Waals surface area contributed by atoms with Gasteiger partial charge in [-0.15, -0.1) is 10.2 Å². The van der Waals surface area contributed by atoms with E-state index in [0.717, 1.165) is 33.4 Å². The fraction of sp³-hybridized carbons (Fsp3) is 0.200. The number of amides is 1. The van der Waals surface area contributed by atoms with E-state index in [2.05, 4.69) is 10.2 Å². The fourth-order valence-electron chi connectivity index (χ4n) is 4.90. The van der Waals surface area contributed by atoms with Crippen LogP contribution in [0.3, 0.4) is 0 Å². The van der Waals surface area contributed by atoms with Crippen LogP contribution >= 0.6 is 0 Å². The molecule has 196 valence electrons. The van der Waals surface area contributed by atoms with Crippen molar-refractivity contribution in [3.63, 3.8) is 0 Å². The maximum Gasteiger partial charge on any atom is 0.258 e. The molecule has 3 heterocycles. The molecular weight excluding hydrogens is 499 g/mol. The zero-order valence-corrected chi connectivity index (χ0v) is 21.7. The maximum atomic E-state index is 13.5. The molecule has 0 spiro atoms. The van der Waals surface area contributed by atoms with E-state index in [1.54, 1.807) is 44.3 Å². The van der Waals surface area contributed by atoms with Crippen molar-refractivity contribution < 1.29 is 23.1 Å². The van der Waals surface area contributed by atoms with Gasteiger partial charge in [-0.25, -0.2) is 4.39 Å². The van der Waals surface area contributed by atoms with Gasteiger partial charge in [0.2, 0.25) is 11.8 Å². The summed E-state index contributed by atoms with van der Waals surface area (Å²) in [6.45, 7) is 2.32. The molecule has 1 aliphatic heterocycles. The van der Waals surface area contributed by atoms with Crippen LogP contribution in [0.5, 0.6) is 11.5 Å². The van der Waals surface area contributed by atoms with Gasteiger partial charge in [-0.3, -0.25) is 9.78 Å². The molecule has 0 aliphatic carbocycles. The summed E-state index contributed by atoms with van der Waals surface area (Å²) in [5.41, 5.74) is 5.17. The van der Waals surface area contributed by atoms with Gasteiger partial charge in [0.1, 0.15) is 23.7 Å². The summed E-state index contributed by atoms with van der Waals surface area (Å²) in [6, 6.07) is 15.9. The lowest BCUT2D eigenvalue weighted by Crippen LogP contribution is -2.18. The molecule has 6 rings (SSSR count). The molecule has 0 fully saturated rings. The van der Waals surface area contributed by atoms with Crippen LogP contribution in [0.25, 0.3) is 22.4 Å². The summed E-state index contributed by atoms with van der Waals surface area (Å²) in [7, 11) is 3.36. The van der Waals surface area contributed by atoms with Crippen LogP contribution in [0.4, 0.5) is 4.39 Å². The highest BCUT2D eigenvalue weighted by atomic mass is 19.1. The van der Waals surface area contributed by atoms with E-state index in [1.165, 1.54) is 12.1 Å². The monoisotopic (exact) mass is 524 g/mol. The predicted molar refractivity (Wildman–Crippen MR) is 142 cm³/mol. The molecule has 5 aromatic rings. The van der Waals surface area contributed by atoms with Gasteiger partial charge in [-0.2, -0.15) is 0 Å². The second kappa shape index (κ2) is 9.83. The second-order valence-corrected chi connectivity index (χ2v) is 9.52. The van der Waals surface area contributed by atoms with E-state index in [-0.39, 0.29) is 18.3 Å². The van der Waals surface area contributed by atoms with Crippen LogP contribution in [0.1, 0.15) is 38.5 Å². The number of benzene rings is 3. The molecule has 0 atom stereocenters. The number of pyridine rings is 1. The molecular formula is C30H25FN4O4. The lowest BCUT2D eigenvalue weighted by atomic mass is 9.94. The first-order chi connectivity index (χ1) is 18.9. The quantitative estimate of drug-likeness (QED) is 0.278. The average molecular weight is 525 g/mol. The number of aryl methyl sites for hydroxylation is 1. The summed E-state index contributed by atoms with van der Waals surface area (Å²) in [5.74, 6) is 1.45. The highest BCUT2D eigenvalue weighted by molar-refractivity contribution is 6.11. The topological polar surface area (TPSA) is 90.6 Å². The van der Waals surface area contributed by atoms with Crippen LogP contribution in [-0.2, 0) is 19.6 Å². The normalized spacial score (nSPS) is 12.7. The maximum absolute atomic E-state index is 13.5. The summed E-state index contributed by atoms with van der Waals surface area (Å²) in [5, 5.41) is 9.06. The fourth-order valence-corrected chi connectivity index (χ4v) is 4.90. The number of carbonyl (C=O) groups is 1. The van der Waals surface area contributed by atoms with Gasteiger partial charge in [-0.1, -0.05) is 24.3 Å². The Morgan fingerprint density at radius 1 is 1.00 bits per heavy atom. The number of hydrogen-bond acceptors (Lipinski definition) is 7. The number of halogens is 1. The lowest BCUT2D eigenvalue weighted by molar-refractivity contribution is 0.0813. The molecule has 1 aliphatic rings. The van der Waals surface area contributed by atoms with Gasteiger partial charge in [0.25, 0.3) is 5.91 Å². The van der Waals surface area contributed by atoms with Crippen LogP contribution in [0, 0.1) is 12.7 Å². The molecule has 8 nitrogen and oxygen atoms in total. The number of methoxy groups -OCH3 is 1. The number of fused-ring (bicyclic) bond motifs is 2. The average Bonchev–Trinajstić information content (AvgIpc) is 3.50. The largest absolute Gasteiger partial charge is 0.497 e. The third-order valence-electron chi connectivity index (χ3n) is 6.82. The lowest BCUT2D eigenvalue weighted by Gasteiger charge is -2.16. The van der Waals surface area contributed by atoms with E-state index < -0.39 is 0 Å². The minimum absolute atomic E-state index is 0.161. The van der Waals surface area contributed by atoms with Gasteiger partial charge in [0.15, 0.2) is 5.75 Å². The number of aromatic nitrogens is 3. The Kier molecular flexibility index (Phi) is 6.18. The van der Waals surface area contributed by atoms with Crippen molar-refractivity contribution in [3.05, 3.63) is 100 Å². The van der Waals surface area contributed by atoms with Gasteiger partial charge in [0.05, 0.1) is 18.2 Å². The summed E-state index contributed by atoms with van der Waals surface area (Å²) >= 11 is 0. The molecule has 0 bridgehead atoms. The Hall–Kier alpha value is -4.79. The standard InChI is InChI=1S/C30H25FN4O4/c1-17-33-34-29(39-17)25-23-13-20(12-18-4-8-21(31)9-5-18)14-32-27(23)28(26-24(25)15-35(2)30(26)36)38-16-19-6-10-22(37-3)11-7-19/h4-11,13-14H,12,15-16H2,1-3H3. The Bertz CT molecular complexity index is 1700. The van der Waals surface area contributed by atoms with Crippen LogP contribution in [0.15, 0.2) is 65.2 Å². The first-order valence-electron chi connectivity index (χ1n) is 12.4. The summed E-state index contributed by atoms with van der Waals surface area (Å²) in [4.78, 5) is 19.8. The first kappa shape index (κ1) is 24.5. The van der Waals surface area contributed by atoms with Crippen molar-refractivity contribution in [2.24, 2.45) is 0 Å². The Morgan fingerprint density at radius 2 is 1.74 bits per heavy atom. The van der Waals surface area contributed by atoms with Crippen molar-refractivity contribution in [3.8, 4) is 23.0 Å². The summed E-state index contributed by atoms with van der Waals surface area (Å²) < 4.78 is 30.9. The Morgan fingerprint density at radius 3 is 2.44 bits per heavy atom. The highest BCUT2D eigenvalue weighted by Gasteiger charge is 2.36. The van der Waals surface area contributed by atoms with E-state index in [0.29, 0.717) is 47.1 Å². The molecule has 9 heteroatoms. The molecule has 2 aromatic heterocycles. The Balaban J connectivity index is 1.51. The zero-order valence-electron chi connectivity index (χ0n) is 21.7. The van der Waals surface area contributed by atoms with Gasteiger partial charge in [-0.05, 0) is 53.4 Å². The minimum Gasteiger partial charge on any atom is -0.497 e. The molecule has 1 amide bonds. The number of ether oxygens (including phenoxy) is 2. The van der Waals surface area contributed by atoms with E-state index in [4.69, 9.17) is 18.9 Å². The molecule has 0 radical (unpaired) electrons. The van der Waals surface area contributed by atoms with Crippen molar-refractivity contribution in [2.75, 3.05) is 14.2 Å². The smallest absolute Gasteiger partial charge is 0.258 e. The number of hydrogen-bond donors (Lipinski definition) is 0. The minimum atomic E-state index is -0.285. The predicted octanol–water partition coefficient (Wildman–Crippen LogP) is 5.50. The van der Waals surface area contributed by atoms with E-state index >= 15 is 0 Å². The highest BCUT2D eigenvalue weighted by Crippen LogP contribution is 2.44. The van der Waals surface area contributed by atoms with Gasteiger partial charge >= 0.3 is 0 Å². The Labute approximate surface area is 224 Å². The molecule has 0 N–H and O–H groups in total. The molecule has 0 saturated carbocycles. The van der Waals surface area contributed by atoms with E-state index in [9.17, 15) is 9.18 Å². The summed E-state index contributed by atoms with van der Waals surface area (Å²) in [6.07, 6.45) is 2.30. The molecule has 39 heavy (non-hydrogen) atoms. The molecule has 0 unspecified atom stereocenters. The van der Waals surface area contributed by atoms with Crippen molar-refractivity contribution in [2.45, 2.75) is 26.5 Å². The third-order valence-corrected chi connectivity index (χ3v) is 6.82.